The Morgan fingerprint density at radius 3 is 1.63 bits per heavy atom. The molecule has 0 saturated carbocycles. The molecular formula is C50H33NO. The molecule has 2 nitrogen and oxygen atoms in total. The molecule has 0 aliphatic rings. The average molecular weight is 664 g/mol. The summed E-state index contributed by atoms with van der Waals surface area (Å²) in [5.41, 5.74) is 12.1. The minimum atomic E-state index is 0.868. The molecular weight excluding hydrogens is 631 g/mol. The Morgan fingerprint density at radius 1 is 0.327 bits per heavy atom. The van der Waals surface area contributed by atoms with Gasteiger partial charge in [-0.05, 0) is 97.9 Å². The zero-order chi connectivity index (χ0) is 34.4. The number of hydrogen-bond donors (Lipinski definition) is 0. The fraction of sp³-hybridized carbons (Fsp3) is 0. The standard InChI is InChI=1S/C50H33NO/c1-3-13-38-31-41(29-27-34(38)11-1)37-25-23-36(24-26-37)40-15-9-16-43(33-40)51(47-20-10-22-49-50(47)45-18-6-8-21-48(45)52-49)46-19-7-5-17-44(46)42-30-28-35-12-2-4-14-39(35)32-42/h1-33H. The van der Waals surface area contributed by atoms with Crippen LogP contribution in [0.2, 0.25) is 0 Å². The van der Waals surface area contributed by atoms with Crippen molar-refractivity contribution in [3.63, 3.8) is 0 Å². The summed E-state index contributed by atoms with van der Waals surface area (Å²) >= 11 is 0. The van der Waals surface area contributed by atoms with Crippen molar-refractivity contribution in [1.29, 1.82) is 0 Å². The molecule has 0 N–H and O–H groups in total. The van der Waals surface area contributed by atoms with Gasteiger partial charge in [-0.25, -0.2) is 0 Å². The fourth-order valence-electron chi connectivity index (χ4n) is 7.67. The zero-order valence-corrected chi connectivity index (χ0v) is 28.4. The van der Waals surface area contributed by atoms with E-state index >= 15 is 0 Å². The van der Waals surface area contributed by atoms with E-state index in [1.165, 1.54) is 43.8 Å². The third kappa shape index (κ3) is 5.21. The van der Waals surface area contributed by atoms with Gasteiger partial charge in [-0.2, -0.15) is 0 Å². The van der Waals surface area contributed by atoms with Crippen LogP contribution in [0.5, 0.6) is 0 Å². The minimum absolute atomic E-state index is 0.868. The number of nitrogens with zero attached hydrogens (tertiary/aromatic N) is 1. The molecule has 1 heterocycles. The smallest absolute Gasteiger partial charge is 0.137 e. The van der Waals surface area contributed by atoms with E-state index in [0.717, 1.165) is 50.1 Å². The van der Waals surface area contributed by atoms with Crippen molar-refractivity contribution in [3.05, 3.63) is 200 Å². The van der Waals surface area contributed by atoms with Crippen LogP contribution >= 0.6 is 0 Å². The molecule has 2 heteroatoms. The van der Waals surface area contributed by atoms with Gasteiger partial charge in [0.1, 0.15) is 11.2 Å². The molecule has 52 heavy (non-hydrogen) atoms. The number of rotatable bonds is 6. The summed E-state index contributed by atoms with van der Waals surface area (Å²) < 4.78 is 6.42. The van der Waals surface area contributed by atoms with Crippen LogP contribution in [0.4, 0.5) is 17.1 Å². The lowest BCUT2D eigenvalue weighted by molar-refractivity contribution is 0.669. The summed E-state index contributed by atoms with van der Waals surface area (Å²) in [6.45, 7) is 0. The normalized spacial score (nSPS) is 11.5. The molecule has 0 unspecified atom stereocenters. The topological polar surface area (TPSA) is 16.4 Å². The molecule has 244 valence electrons. The summed E-state index contributed by atoms with van der Waals surface area (Å²) in [5, 5.41) is 7.15. The highest BCUT2D eigenvalue weighted by Crippen LogP contribution is 2.46. The summed E-state index contributed by atoms with van der Waals surface area (Å²) in [6.07, 6.45) is 0. The molecule has 0 bridgehead atoms. The monoisotopic (exact) mass is 663 g/mol. The molecule has 9 aromatic carbocycles. The predicted octanol–water partition coefficient (Wildman–Crippen LogP) is 14.4. The Hall–Kier alpha value is -6.90. The Bertz CT molecular complexity index is 2920. The number of para-hydroxylation sites is 2. The predicted molar refractivity (Wildman–Crippen MR) is 220 cm³/mol. The maximum atomic E-state index is 6.42. The number of anilines is 3. The lowest BCUT2D eigenvalue weighted by atomic mass is 9.97. The number of furan rings is 1. The van der Waals surface area contributed by atoms with Crippen molar-refractivity contribution < 1.29 is 4.42 Å². The first-order chi connectivity index (χ1) is 25.8. The van der Waals surface area contributed by atoms with Crippen LogP contribution in [0.3, 0.4) is 0 Å². The number of benzene rings is 9. The molecule has 0 fully saturated rings. The summed E-state index contributed by atoms with van der Waals surface area (Å²) in [7, 11) is 0. The van der Waals surface area contributed by atoms with E-state index in [0.29, 0.717) is 0 Å². The van der Waals surface area contributed by atoms with E-state index in [-0.39, 0.29) is 0 Å². The minimum Gasteiger partial charge on any atom is -0.456 e. The van der Waals surface area contributed by atoms with Crippen molar-refractivity contribution >= 4 is 60.5 Å². The van der Waals surface area contributed by atoms with Gasteiger partial charge in [0.2, 0.25) is 0 Å². The van der Waals surface area contributed by atoms with E-state index < -0.39 is 0 Å². The molecule has 0 spiro atoms. The molecule has 1 aromatic heterocycles. The van der Waals surface area contributed by atoms with Crippen molar-refractivity contribution in [2.75, 3.05) is 4.90 Å². The Morgan fingerprint density at radius 2 is 0.865 bits per heavy atom. The molecule has 0 radical (unpaired) electrons. The van der Waals surface area contributed by atoms with Crippen molar-refractivity contribution in [1.82, 2.24) is 0 Å². The third-order valence-electron chi connectivity index (χ3n) is 10.2. The number of hydrogen-bond acceptors (Lipinski definition) is 2. The summed E-state index contributed by atoms with van der Waals surface area (Å²) in [4.78, 5) is 2.40. The SMILES string of the molecule is c1cc(-c2ccc(-c3ccc4ccccc4c3)cc2)cc(N(c2ccccc2-c2ccc3ccccc3c2)c2cccc3oc4ccccc4c23)c1. The van der Waals surface area contributed by atoms with Crippen LogP contribution in [-0.2, 0) is 0 Å². The first-order valence-electron chi connectivity index (χ1n) is 17.8. The second kappa shape index (κ2) is 12.5. The van der Waals surface area contributed by atoms with Crippen LogP contribution in [0.15, 0.2) is 205 Å². The highest BCUT2D eigenvalue weighted by Gasteiger charge is 2.22. The first-order valence-corrected chi connectivity index (χ1v) is 17.8. The maximum absolute atomic E-state index is 6.42. The van der Waals surface area contributed by atoms with Gasteiger partial charge < -0.3 is 9.32 Å². The van der Waals surface area contributed by atoms with Gasteiger partial charge in [0, 0.05) is 16.6 Å². The highest BCUT2D eigenvalue weighted by molar-refractivity contribution is 6.14. The van der Waals surface area contributed by atoms with Gasteiger partial charge in [-0.15, -0.1) is 0 Å². The lowest BCUT2D eigenvalue weighted by Gasteiger charge is -2.29. The van der Waals surface area contributed by atoms with Crippen LogP contribution in [0, 0.1) is 0 Å². The van der Waals surface area contributed by atoms with Gasteiger partial charge in [0.25, 0.3) is 0 Å². The largest absolute Gasteiger partial charge is 0.456 e. The molecule has 0 saturated heterocycles. The van der Waals surface area contributed by atoms with Crippen molar-refractivity contribution in [3.8, 4) is 33.4 Å². The molecule has 0 aliphatic carbocycles. The second-order valence-corrected chi connectivity index (χ2v) is 13.4. The first kappa shape index (κ1) is 30.0. The molecule has 10 rings (SSSR count). The van der Waals surface area contributed by atoms with E-state index in [9.17, 15) is 0 Å². The molecule has 10 aromatic rings. The maximum Gasteiger partial charge on any atom is 0.137 e. The lowest BCUT2D eigenvalue weighted by Crippen LogP contribution is -2.11. The van der Waals surface area contributed by atoms with Crippen LogP contribution in [0.1, 0.15) is 0 Å². The van der Waals surface area contributed by atoms with Gasteiger partial charge in [-0.1, -0.05) is 152 Å². The Labute approximate surface area is 302 Å². The highest BCUT2D eigenvalue weighted by atomic mass is 16.3. The third-order valence-corrected chi connectivity index (χ3v) is 10.2. The number of fused-ring (bicyclic) bond motifs is 5. The second-order valence-electron chi connectivity index (χ2n) is 13.4. The van der Waals surface area contributed by atoms with E-state index in [1.54, 1.807) is 0 Å². The fourth-order valence-corrected chi connectivity index (χ4v) is 7.67. The molecule has 0 amide bonds. The van der Waals surface area contributed by atoms with Crippen LogP contribution in [0.25, 0.3) is 76.9 Å². The average Bonchev–Trinajstić information content (AvgIpc) is 3.60. The van der Waals surface area contributed by atoms with Crippen LogP contribution < -0.4 is 4.90 Å². The van der Waals surface area contributed by atoms with Gasteiger partial charge >= 0.3 is 0 Å². The quantitative estimate of drug-likeness (QED) is 0.176. The summed E-state index contributed by atoms with van der Waals surface area (Å²) in [6, 6.07) is 71.8. The van der Waals surface area contributed by atoms with Gasteiger partial charge in [0.05, 0.1) is 16.8 Å². The van der Waals surface area contributed by atoms with E-state index in [2.05, 4.69) is 199 Å². The van der Waals surface area contributed by atoms with Crippen molar-refractivity contribution in [2.45, 2.75) is 0 Å². The Kier molecular flexibility index (Phi) is 7.18. The zero-order valence-electron chi connectivity index (χ0n) is 28.4. The molecule has 0 aliphatic heterocycles. The molecule has 0 atom stereocenters. The van der Waals surface area contributed by atoms with Gasteiger partial charge in [0.15, 0.2) is 0 Å². The van der Waals surface area contributed by atoms with Crippen molar-refractivity contribution in [2.24, 2.45) is 0 Å². The Balaban J connectivity index is 1.13. The van der Waals surface area contributed by atoms with Gasteiger partial charge in [-0.3, -0.25) is 0 Å². The van der Waals surface area contributed by atoms with E-state index in [1.807, 2.05) is 6.07 Å². The summed E-state index contributed by atoms with van der Waals surface area (Å²) in [5.74, 6) is 0. The van der Waals surface area contributed by atoms with E-state index in [4.69, 9.17) is 4.42 Å². The van der Waals surface area contributed by atoms with Crippen LogP contribution in [-0.4, -0.2) is 0 Å².